The Bertz CT molecular complexity index is 1810. The number of hydrogen-bond acceptors (Lipinski definition) is 6. The third kappa shape index (κ3) is 6.84. The Morgan fingerprint density at radius 2 is 1.32 bits per heavy atom. The van der Waals surface area contributed by atoms with E-state index in [0.717, 1.165) is 28.3 Å². The molecular weight excluding hydrogens is 629 g/mol. The number of nitrogens with zero attached hydrogens (tertiary/aromatic N) is 1. The number of benzene rings is 5. The summed E-state index contributed by atoms with van der Waals surface area (Å²) in [5.41, 5.74) is 9.90. The van der Waals surface area contributed by atoms with Crippen molar-refractivity contribution in [2.75, 3.05) is 18.9 Å². The largest absolute Gasteiger partial charge is 0.478 e. The van der Waals surface area contributed by atoms with E-state index in [4.69, 9.17) is 10.5 Å². The highest BCUT2D eigenvalue weighted by Gasteiger charge is 2.46. The molecule has 2 atom stereocenters. The topological polar surface area (TPSA) is 110 Å². The molecule has 1 aliphatic rings. The summed E-state index contributed by atoms with van der Waals surface area (Å²) in [6, 6.07) is 44.1. The highest BCUT2D eigenvalue weighted by Crippen LogP contribution is 2.52. The number of carboxylic acid groups (broad SMARTS) is 1. The van der Waals surface area contributed by atoms with Gasteiger partial charge in [-0.25, -0.2) is 13.2 Å². The molecule has 0 bridgehead atoms. The SMILES string of the molecule is Nc1ccc(S(=O)(=O)N2CC(SC(c3ccccc3)(c3ccccc3)c3ccccc3)CC2COCc2ccccc2)cc1C(=O)O. The van der Waals surface area contributed by atoms with Gasteiger partial charge in [-0.1, -0.05) is 121 Å². The Labute approximate surface area is 280 Å². The fraction of sp³-hybridized carbons (Fsp3) is 0.184. The zero-order valence-electron chi connectivity index (χ0n) is 25.7. The first-order valence-corrected chi connectivity index (χ1v) is 17.7. The van der Waals surface area contributed by atoms with E-state index in [1.165, 1.54) is 16.4 Å². The maximum Gasteiger partial charge on any atom is 0.337 e. The summed E-state index contributed by atoms with van der Waals surface area (Å²) in [7, 11) is -4.12. The fourth-order valence-electron chi connectivity index (χ4n) is 6.25. The molecular formula is C38H36N2O5S2. The molecule has 0 spiro atoms. The Morgan fingerprint density at radius 3 is 1.83 bits per heavy atom. The molecule has 0 aromatic heterocycles. The lowest BCUT2D eigenvalue weighted by molar-refractivity contribution is 0.0697. The molecule has 1 saturated heterocycles. The van der Waals surface area contributed by atoms with Gasteiger partial charge in [0.05, 0.1) is 28.4 Å². The highest BCUT2D eigenvalue weighted by atomic mass is 32.2. The molecule has 0 saturated carbocycles. The normalized spacial score (nSPS) is 17.0. The van der Waals surface area contributed by atoms with E-state index < -0.39 is 26.8 Å². The number of carboxylic acids is 1. The number of aromatic carboxylic acids is 1. The number of anilines is 1. The first-order valence-electron chi connectivity index (χ1n) is 15.4. The Hall–Kier alpha value is -4.41. The average molecular weight is 665 g/mol. The minimum absolute atomic E-state index is 0.00687. The van der Waals surface area contributed by atoms with Gasteiger partial charge >= 0.3 is 5.97 Å². The maximum atomic E-state index is 14.3. The number of nitrogens with two attached hydrogens (primary N) is 1. The van der Waals surface area contributed by atoms with Crippen LogP contribution in [0.3, 0.4) is 0 Å². The van der Waals surface area contributed by atoms with Crippen LogP contribution in [0.2, 0.25) is 0 Å². The summed E-state index contributed by atoms with van der Waals surface area (Å²) >= 11 is 1.74. The van der Waals surface area contributed by atoms with E-state index in [1.54, 1.807) is 11.8 Å². The van der Waals surface area contributed by atoms with Crippen molar-refractivity contribution < 1.29 is 23.1 Å². The van der Waals surface area contributed by atoms with Crippen LogP contribution in [0.4, 0.5) is 5.69 Å². The van der Waals surface area contributed by atoms with Crippen LogP contribution in [0.1, 0.15) is 39.0 Å². The molecule has 9 heteroatoms. The Kier molecular flexibility index (Phi) is 9.79. The third-order valence-corrected chi connectivity index (χ3v) is 12.1. The van der Waals surface area contributed by atoms with Crippen molar-refractivity contribution in [2.24, 2.45) is 0 Å². The first-order chi connectivity index (χ1) is 22.8. The predicted octanol–water partition coefficient (Wildman–Crippen LogP) is 7.04. The number of nitrogen functional groups attached to an aromatic ring is 1. The van der Waals surface area contributed by atoms with Crippen LogP contribution in [-0.4, -0.2) is 48.2 Å². The number of hydrogen-bond donors (Lipinski definition) is 2. The van der Waals surface area contributed by atoms with Gasteiger partial charge in [0.2, 0.25) is 10.0 Å². The van der Waals surface area contributed by atoms with Crippen molar-refractivity contribution in [1.29, 1.82) is 0 Å². The number of thioether (sulfide) groups is 1. The molecule has 6 rings (SSSR count). The van der Waals surface area contributed by atoms with Gasteiger partial charge in [-0.15, -0.1) is 11.8 Å². The molecule has 7 nitrogen and oxygen atoms in total. The lowest BCUT2D eigenvalue weighted by Gasteiger charge is -2.37. The van der Waals surface area contributed by atoms with Gasteiger partial charge in [-0.2, -0.15) is 4.31 Å². The molecule has 1 heterocycles. The van der Waals surface area contributed by atoms with E-state index in [0.29, 0.717) is 13.0 Å². The monoisotopic (exact) mass is 664 g/mol. The van der Waals surface area contributed by atoms with Crippen molar-refractivity contribution in [3.8, 4) is 0 Å². The third-order valence-electron chi connectivity index (χ3n) is 8.49. The van der Waals surface area contributed by atoms with Gasteiger partial charge in [0, 0.05) is 23.5 Å². The second-order valence-corrected chi connectivity index (χ2v) is 14.9. The lowest BCUT2D eigenvalue weighted by atomic mass is 9.84. The second kappa shape index (κ2) is 14.1. The summed E-state index contributed by atoms with van der Waals surface area (Å²) in [4.78, 5) is 11.8. The van der Waals surface area contributed by atoms with E-state index in [9.17, 15) is 18.3 Å². The van der Waals surface area contributed by atoms with Crippen LogP contribution in [0.15, 0.2) is 144 Å². The van der Waals surface area contributed by atoms with Gasteiger partial charge in [-0.05, 0) is 46.9 Å². The summed E-state index contributed by atoms with van der Waals surface area (Å²) < 4.78 is 35.6. The average Bonchev–Trinajstić information content (AvgIpc) is 3.52. The standard InChI is InChI=1S/C38H36N2O5S2/c39-36-22-21-34(24-35(36)37(41)42)47(43,44)40-25-33(23-32(40)27-45-26-28-13-5-1-6-14-28)46-38(29-15-7-2-8-16-29,30-17-9-3-10-18-30)31-19-11-4-12-20-31/h1-22,24,32-33H,23,25-27,39H2,(H,41,42). The molecule has 1 aliphatic heterocycles. The maximum absolute atomic E-state index is 14.3. The van der Waals surface area contributed by atoms with Crippen LogP contribution in [0.25, 0.3) is 0 Å². The van der Waals surface area contributed by atoms with E-state index in [2.05, 4.69) is 36.4 Å². The number of ether oxygens (including phenoxy) is 1. The predicted molar refractivity (Wildman–Crippen MR) is 187 cm³/mol. The van der Waals surface area contributed by atoms with E-state index >= 15 is 0 Å². The van der Waals surface area contributed by atoms with Crippen LogP contribution in [0, 0.1) is 0 Å². The number of carbonyl (C=O) groups is 1. The Morgan fingerprint density at radius 1 is 0.809 bits per heavy atom. The van der Waals surface area contributed by atoms with Crippen LogP contribution in [-0.2, 0) is 26.1 Å². The quantitative estimate of drug-likeness (QED) is 0.109. The summed E-state index contributed by atoms with van der Waals surface area (Å²) in [6.07, 6.45) is 0.535. The molecule has 0 amide bonds. The van der Waals surface area contributed by atoms with Crippen molar-refractivity contribution in [2.45, 2.75) is 34.0 Å². The molecule has 0 radical (unpaired) electrons. The number of rotatable bonds is 12. The van der Waals surface area contributed by atoms with Gasteiger partial charge in [0.1, 0.15) is 0 Å². The van der Waals surface area contributed by atoms with Crippen molar-refractivity contribution in [3.05, 3.63) is 167 Å². The summed E-state index contributed by atoms with van der Waals surface area (Å²) in [6.45, 7) is 0.740. The molecule has 1 fully saturated rings. The molecule has 47 heavy (non-hydrogen) atoms. The fourth-order valence-corrected chi connectivity index (χ4v) is 9.91. The number of sulfonamides is 1. The summed E-state index contributed by atoms with van der Waals surface area (Å²) in [5.74, 6) is -1.28. The minimum Gasteiger partial charge on any atom is -0.478 e. The van der Waals surface area contributed by atoms with Crippen LogP contribution < -0.4 is 5.73 Å². The van der Waals surface area contributed by atoms with Crippen molar-refractivity contribution in [3.63, 3.8) is 0 Å². The lowest BCUT2D eigenvalue weighted by Crippen LogP contribution is -2.38. The zero-order valence-corrected chi connectivity index (χ0v) is 27.3. The molecule has 5 aromatic carbocycles. The molecule has 5 aromatic rings. The van der Waals surface area contributed by atoms with E-state index in [-0.39, 0.29) is 34.5 Å². The van der Waals surface area contributed by atoms with Gasteiger partial charge in [-0.3, -0.25) is 0 Å². The van der Waals surface area contributed by atoms with E-state index in [1.807, 2.05) is 84.9 Å². The highest BCUT2D eigenvalue weighted by molar-refractivity contribution is 8.01. The molecule has 0 aliphatic carbocycles. The minimum atomic E-state index is -4.12. The second-order valence-electron chi connectivity index (χ2n) is 11.5. The van der Waals surface area contributed by atoms with Crippen LogP contribution in [0.5, 0.6) is 0 Å². The van der Waals surface area contributed by atoms with Crippen molar-refractivity contribution >= 4 is 33.4 Å². The smallest absolute Gasteiger partial charge is 0.337 e. The van der Waals surface area contributed by atoms with Crippen LogP contribution >= 0.6 is 11.8 Å². The zero-order chi connectivity index (χ0) is 32.9. The van der Waals surface area contributed by atoms with Gasteiger partial charge in [0.15, 0.2) is 0 Å². The van der Waals surface area contributed by atoms with Gasteiger partial charge in [0.25, 0.3) is 0 Å². The molecule has 2 unspecified atom stereocenters. The summed E-state index contributed by atoms with van der Waals surface area (Å²) in [5, 5.41) is 9.54. The Balaban J connectivity index is 1.40. The van der Waals surface area contributed by atoms with Gasteiger partial charge < -0.3 is 15.6 Å². The molecule has 3 N–H and O–H groups in total. The molecule has 240 valence electrons. The van der Waals surface area contributed by atoms with Crippen molar-refractivity contribution in [1.82, 2.24) is 4.31 Å². The first kappa shape index (κ1) is 32.5.